The number of rotatable bonds is 11. The van der Waals surface area contributed by atoms with Crippen LogP contribution in [0.15, 0.2) is 18.2 Å². The average molecular weight is 356 g/mol. The molecule has 0 amide bonds. The molecule has 136 valence electrons. The summed E-state index contributed by atoms with van der Waals surface area (Å²) in [5.41, 5.74) is 1.90. The molecule has 7 heteroatoms. The van der Waals surface area contributed by atoms with E-state index in [-0.39, 0.29) is 0 Å². The van der Waals surface area contributed by atoms with Gasteiger partial charge in [-0.05, 0) is 57.7 Å². The van der Waals surface area contributed by atoms with Crippen molar-refractivity contribution in [1.82, 2.24) is 0 Å². The Morgan fingerprint density at radius 2 is 1.67 bits per heavy atom. The highest BCUT2D eigenvalue weighted by molar-refractivity contribution is 6.60. The summed E-state index contributed by atoms with van der Waals surface area (Å²) in [6, 6.07) is 6.09. The first-order valence-electron chi connectivity index (χ1n) is 8.39. The molecule has 0 unspecified atom stereocenters. The third kappa shape index (κ3) is 6.24. The Morgan fingerprint density at radius 1 is 1.08 bits per heavy atom. The fourth-order valence-electron chi connectivity index (χ4n) is 2.67. The highest BCUT2D eigenvalue weighted by atomic mass is 28.4. The third-order valence-corrected chi connectivity index (χ3v) is 6.72. The van der Waals surface area contributed by atoms with Crippen molar-refractivity contribution in [2.75, 3.05) is 19.8 Å². The van der Waals surface area contributed by atoms with E-state index in [1.807, 2.05) is 33.8 Å². The van der Waals surface area contributed by atoms with Crippen LogP contribution in [0.5, 0.6) is 5.75 Å². The second-order valence-electron chi connectivity index (χ2n) is 5.26. The average Bonchev–Trinajstić information content (AvgIpc) is 2.50. The SMILES string of the molecule is CCO[Si](CCCc1c(C)cccc1OC(=O)O)(OCC)OCC. The van der Waals surface area contributed by atoms with E-state index in [1.165, 1.54) is 0 Å². The van der Waals surface area contributed by atoms with E-state index in [4.69, 9.17) is 23.1 Å². The zero-order chi connectivity index (χ0) is 18.0. The zero-order valence-electron chi connectivity index (χ0n) is 15.0. The van der Waals surface area contributed by atoms with Gasteiger partial charge in [0.15, 0.2) is 0 Å². The van der Waals surface area contributed by atoms with E-state index in [2.05, 4.69) is 0 Å². The molecule has 1 rings (SSSR count). The van der Waals surface area contributed by atoms with Crippen LogP contribution in [0.2, 0.25) is 6.04 Å². The lowest BCUT2D eigenvalue weighted by molar-refractivity contribution is 0.0708. The van der Waals surface area contributed by atoms with Crippen molar-refractivity contribution in [1.29, 1.82) is 0 Å². The van der Waals surface area contributed by atoms with Gasteiger partial charge in [-0.1, -0.05) is 12.1 Å². The monoisotopic (exact) mass is 356 g/mol. The maximum atomic E-state index is 10.8. The number of benzene rings is 1. The molecule has 0 bridgehead atoms. The molecule has 0 aliphatic rings. The lowest BCUT2D eigenvalue weighted by Gasteiger charge is -2.28. The number of carbonyl (C=O) groups is 1. The number of hydrogen-bond acceptors (Lipinski definition) is 5. The molecule has 0 saturated carbocycles. The Morgan fingerprint density at radius 3 is 2.17 bits per heavy atom. The van der Waals surface area contributed by atoms with E-state index >= 15 is 0 Å². The second-order valence-corrected chi connectivity index (χ2v) is 7.99. The standard InChI is InChI=1S/C17H28O6Si/c1-5-20-24(21-6-2,22-7-3)13-9-11-15-14(4)10-8-12-16(15)23-17(18)19/h8,10,12H,5-7,9,11,13H2,1-4H3,(H,18,19). The van der Waals surface area contributed by atoms with Crippen molar-refractivity contribution in [3.05, 3.63) is 29.3 Å². The fourth-order valence-corrected chi connectivity index (χ4v) is 5.28. The number of aryl methyl sites for hydroxylation is 1. The fraction of sp³-hybridized carbons (Fsp3) is 0.588. The molecule has 0 aliphatic heterocycles. The van der Waals surface area contributed by atoms with Crippen LogP contribution in [0, 0.1) is 6.92 Å². The van der Waals surface area contributed by atoms with Crippen LogP contribution in [-0.4, -0.2) is 39.9 Å². The highest BCUT2D eigenvalue weighted by Crippen LogP contribution is 2.26. The summed E-state index contributed by atoms with van der Waals surface area (Å²) < 4.78 is 22.4. The Hall–Kier alpha value is -1.41. The molecule has 0 aromatic heterocycles. The van der Waals surface area contributed by atoms with Gasteiger partial charge in [-0.25, -0.2) is 4.79 Å². The van der Waals surface area contributed by atoms with Crippen molar-refractivity contribution in [3.8, 4) is 5.75 Å². The maximum absolute atomic E-state index is 10.8. The largest absolute Gasteiger partial charge is 0.511 e. The van der Waals surface area contributed by atoms with Crippen molar-refractivity contribution >= 4 is 15.0 Å². The molecule has 0 saturated heterocycles. The first kappa shape index (κ1) is 20.6. The topological polar surface area (TPSA) is 74.2 Å². The summed E-state index contributed by atoms with van der Waals surface area (Å²) in [6.45, 7) is 9.38. The molecule has 1 aromatic carbocycles. The summed E-state index contributed by atoms with van der Waals surface area (Å²) in [4.78, 5) is 10.8. The van der Waals surface area contributed by atoms with Gasteiger partial charge in [-0.3, -0.25) is 0 Å². The van der Waals surface area contributed by atoms with Gasteiger partial charge >= 0.3 is 15.0 Å². The summed E-state index contributed by atoms with van der Waals surface area (Å²) in [5.74, 6) is 0.388. The summed E-state index contributed by atoms with van der Waals surface area (Å²) >= 11 is 0. The predicted octanol–water partition coefficient (Wildman–Crippen LogP) is 4.03. The van der Waals surface area contributed by atoms with Crippen LogP contribution in [0.1, 0.15) is 38.3 Å². The molecule has 0 aliphatic carbocycles. The van der Waals surface area contributed by atoms with E-state index in [1.54, 1.807) is 12.1 Å². The minimum atomic E-state index is -2.67. The lowest BCUT2D eigenvalue weighted by atomic mass is 10.0. The van der Waals surface area contributed by atoms with Gasteiger partial charge in [0.05, 0.1) is 0 Å². The van der Waals surface area contributed by atoms with Gasteiger partial charge in [0, 0.05) is 25.9 Å². The van der Waals surface area contributed by atoms with Crippen LogP contribution >= 0.6 is 0 Å². The van der Waals surface area contributed by atoms with Crippen LogP contribution < -0.4 is 4.74 Å². The van der Waals surface area contributed by atoms with E-state index in [0.29, 0.717) is 38.0 Å². The van der Waals surface area contributed by atoms with Gasteiger partial charge in [-0.15, -0.1) is 0 Å². The quantitative estimate of drug-likeness (QED) is 0.366. The van der Waals surface area contributed by atoms with E-state index in [0.717, 1.165) is 17.5 Å². The predicted molar refractivity (Wildman–Crippen MR) is 93.6 cm³/mol. The number of hydrogen-bond donors (Lipinski definition) is 1. The molecule has 0 heterocycles. The van der Waals surface area contributed by atoms with Crippen LogP contribution in [0.25, 0.3) is 0 Å². The normalized spacial score (nSPS) is 11.5. The lowest BCUT2D eigenvalue weighted by Crippen LogP contribution is -2.46. The Kier molecular flexibility index (Phi) is 8.98. The van der Waals surface area contributed by atoms with Crippen molar-refractivity contribution < 1.29 is 27.9 Å². The van der Waals surface area contributed by atoms with E-state index < -0.39 is 15.0 Å². The Labute approximate surface area is 145 Å². The van der Waals surface area contributed by atoms with Crippen molar-refractivity contribution in [3.63, 3.8) is 0 Å². The molecule has 1 aromatic rings. The molecular weight excluding hydrogens is 328 g/mol. The summed E-state index contributed by atoms with van der Waals surface area (Å²) in [7, 11) is -2.67. The molecule has 0 atom stereocenters. The number of ether oxygens (including phenoxy) is 1. The molecule has 0 radical (unpaired) electrons. The zero-order valence-corrected chi connectivity index (χ0v) is 16.0. The van der Waals surface area contributed by atoms with Gasteiger partial charge in [0.25, 0.3) is 0 Å². The molecular formula is C17H28O6Si. The van der Waals surface area contributed by atoms with Crippen molar-refractivity contribution in [2.24, 2.45) is 0 Å². The Balaban J connectivity index is 2.81. The van der Waals surface area contributed by atoms with Crippen LogP contribution in [0.4, 0.5) is 4.79 Å². The third-order valence-electron chi connectivity index (χ3n) is 3.57. The Bertz CT molecular complexity index is 503. The van der Waals surface area contributed by atoms with Gasteiger partial charge in [0.2, 0.25) is 0 Å². The van der Waals surface area contributed by atoms with Crippen LogP contribution in [-0.2, 0) is 19.7 Å². The molecule has 24 heavy (non-hydrogen) atoms. The minimum Gasteiger partial charge on any atom is -0.449 e. The first-order chi connectivity index (χ1) is 11.5. The minimum absolute atomic E-state index is 0.388. The number of carboxylic acid groups (broad SMARTS) is 1. The van der Waals surface area contributed by atoms with Crippen molar-refractivity contribution in [2.45, 2.75) is 46.6 Å². The molecule has 0 fully saturated rings. The van der Waals surface area contributed by atoms with Gasteiger partial charge < -0.3 is 23.1 Å². The highest BCUT2D eigenvalue weighted by Gasteiger charge is 2.39. The van der Waals surface area contributed by atoms with Gasteiger partial charge in [0.1, 0.15) is 5.75 Å². The van der Waals surface area contributed by atoms with Gasteiger partial charge in [-0.2, -0.15) is 0 Å². The van der Waals surface area contributed by atoms with E-state index in [9.17, 15) is 4.79 Å². The van der Waals surface area contributed by atoms with Crippen LogP contribution in [0.3, 0.4) is 0 Å². The second kappa shape index (κ2) is 10.5. The molecule has 0 spiro atoms. The smallest absolute Gasteiger partial charge is 0.449 e. The molecule has 6 nitrogen and oxygen atoms in total. The summed E-state index contributed by atoms with van der Waals surface area (Å²) in [5, 5.41) is 8.87. The molecule has 1 N–H and O–H groups in total. The first-order valence-corrected chi connectivity index (χ1v) is 10.3. The summed E-state index contributed by atoms with van der Waals surface area (Å²) in [6.07, 6.45) is 0.146. The maximum Gasteiger partial charge on any atom is 0.511 e.